The summed E-state index contributed by atoms with van der Waals surface area (Å²) in [4.78, 5) is 30.8. The van der Waals surface area contributed by atoms with E-state index < -0.39 is 17.6 Å². The third kappa shape index (κ3) is 5.29. The van der Waals surface area contributed by atoms with Crippen molar-refractivity contribution in [1.29, 1.82) is 0 Å². The Morgan fingerprint density at radius 3 is 2.56 bits per heavy atom. The summed E-state index contributed by atoms with van der Waals surface area (Å²) < 4.78 is 43.7. The minimum atomic E-state index is -4.53. The van der Waals surface area contributed by atoms with Crippen LogP contribution in [0.4, 0.5) is 13.2 Å². The summed E-state index contributed by atoms with van der Waals surface area (Å²) in [5.74, 6) is 0.106. The number of amides is 2. The highest BCUT2D eigenvalue weighted by atomic mass is 19.4. The van der Waals surface area contributed by atoms with Crippen LogP contribution in [0.5, 0.6) is 0 Å². The quantitative estimate of drug-likeness (QED) is 0.707. The molecule has 1 aliphatic carbocycles. The molecule has 2 fully saturated rings. The van der Waals surface area contributed by atoms with Crippen molar-refractivity contribution in [1.82, 2.24) is 20.5 Å². The van der Waals surface area contributed by atoms with Crippen LogP contribution in [0, 0.1) is 0 Å². The molecule has 0 unspecified atom stereocenters. The number of oxazole rings is 1. The highest BCUT2D eigenvalue weighted by molar-refractivity contribution is 5.96. The molecule has 1 saturated heterocycles. The van der Waals surface area contributed by atoms with Crippen molar-refractivity contribution in [3.8, 4) is 0 Å². The molecule has 1 saturated carbocycles. The Kier molecular flexibility index (Phi) is 6.50. The average Bonchev–Trinajstić information content (AvgIpc) is 3.29. The first-order valence-corrected chi connectivity index (χ1v) is 10.7. The van der Waals surface area contributed by atoms with Gasteiger partial charge in [-0.05, 0) is 43.9 Å². The monoisotopic (exact) mass is 450 g/mol. The van der Waals surface area contributed by atoms with E-state index in [0.717, 1.165) is 56.8 Å². The van der Waals surface area contributed by atoms with E-state index in [1.54, 1.807) is 12.5 Å². The van der Waals surface area contributed by atoms with Crippen molar-refractivity contribution < 1.29 is 27.2 Å². The van der Waals surface area contributed by atoms with Crippen molar-refractivity contribution in [3.63, 3.8) is 0 Å². The second kappa shape index (κ2) is 9.32. The van der Waals surface area contributed by atoms with Crippen LogP contribution in [0.1, 0.15) is 53.4 Å². The van der Waals surface area contributed by atoms with Crippen LogP contribution >= 0.6 is 0 Å². The van der Waals surface area contributed by atoms with Crippen LogP contribution in [-0.2, 0) is 11.0 Å². The number of aromatic nitrogens is 1. The van der Waals surface area contributed by atoms with Gasteiger partial charge in [-0.3, -0.25) is 14.5 Å². The van der Waals surface area contributed by atoms with E-state index in [-0.39, 0.29) is 24.1 Å². The lowest BCUT2D eigenvalue weighted by atomic mass is 9.84. The molecule has 0 atom stereocenters. The summed E-state index contributed by atoms with van der Waals surface area (Å²) in [7, 11) is 0. The van der Waals surface area contributed by atoms with Gasteiger partial charge in [0.15, 0.2) is 5.89 Å². The predicted octanol–water partition coefficient (Wildman–Crippen LogP) is 2.95. The van der Waals surface area contributed by atoms with Gasteiger partial charge in [-0.2, -0.15) is 13.2 Å². The molecule has 1 aliphatic heterocycles. The van der Waals surface area contributed by atoms with E-state index in [9.17, 15) is 22.8 Å². The van der Waals surface area contributed by atoms with Gasteiger partial charge in [0.1, 0.15) is 6.26 Å². The Morgan fingerprint density at radius 2 is 1.91 bits per heavy atom. The second-order valence-electron chi connectivity index (χ2n) is 8.36. The maximum atomic E-state index is 12.8. The average molecular weight is 450 g/mol. The lowest BCUT2D eigenvalue weighted by Crippen LogP contribution is -2.63. The molecular formula is C22H25F3N4O3. The van der Waals surface area contributed by atoms with Gasteiger partial charge in [-0.25, -0.2) is 4.98 Å². The molecule has 2 aromatic rings. The van der Waals surface area contributed by atoms with E-state index in [1.165, 1.54) is 12.1 Å². The fourth-order valence-corrected chi connectivity index (χ4v) is 4.40. The fourth-order valence-electron chi connectivity index (χ4n) is 4.40. The third-order valence-corrected chi connectivity index (χ3v) is 6.15. The summed E-state index contributed by atoms with van der Waals surface area (Å²) in [6.07, 6.45) is 2.92. The number of benzene rings is 1. The Bertz CT molecular complexity index is 934. The number of rotatable bonds is 6. The van der Waals surface area contributed by atoms with E-state index in [0.29, 0.717) is 12.0 Å². The normalized spacial score (nSPS) is 22.2. The zero-order valence-corrected chi connectivity index (χ0v) is 17.4. The summed E-state index contributed by atoms with van der Waals surface area (Å²) >= 11 is 0. The molecule has 4 rings (SSSR count). The minimum Gasteiger partial charge on any atom is -0.449 e. The Balaban J connectivity index is 1.15. The van der Waals surface area contributed by atoms with Gasteiger partial charge in [0, 0.05) is 30.6 Å². The molecule has 2 heterocycles. The summed E-state index contributed by atoms with van der Waals surface area (Å²) in [5.41, 5.74) is -1.04. The number of alkyl halides is 3. The third-order valence-electron chi connectivity index (χ3n) is 6.15. The van der Waals surface area contributed by atoms with Crippen molar-refractivity contribution in [2.45, 2.75) is 49.9 Å². The van der Waals surface area contributed by atoms with E-state index in [2.05, 4.69) is 20.5 Å². The first-order chi connectivity index (χ1) is 15.3. The van der Waals surface area contributed by atoms with Crippen LogP contribution < -0.4 is 10.6 Å². The number of carbonyl (C=O) groups is 2. The highest BCUT2D eigenvalue weighted by Crippen LogP contribution is 2.35. The first-order valence-electron chi connectivity index (χ1n) is 10.7. The number of hydrogen-bond donors (Lipinski definition) is 2. The molecule has 0 radical (unpaired) electrons. The second-order valence-corrected chi connectivity index (χ2v) is 8.36. The first kappa shape index (κ1) is 22.3. The van der Waals surface area contributed by atoms with Crippen molar-refractivity contribution in [3.05, 3.63) is 53.7 Å². The van der Waals surface area contributed by atoms with E-state index in [4.69, 9.17) is 4.42 Å². The molecule has 7 nitrogen and oxygen atoms in total. The van der Waals surface area contributed by atoms with Gasteiger partial charge in [0.2, 0.25) is 5.91 Å². The Labute approximate surface area is 183 Å². The lowest BCUT2D eigenvalue weighted by molar-refractivity contribution is -0.137. The number of nitrogens with one attached hydrogen (secondary N) is 2. The lowest BCUT2D eigenvalue weighted by Gasteiger charge is -2.46. The van der Waals surface area contributed by atoms with Crippen LogP contribution in [0.3, 0.4) is 0 Å². The maximum Gasteiger partial charge on any atom is 0.416 e. The number of carbonyl (C=O) groups excluding carboxylic acids is 2. The molecule has 1 aromatic carbocycles. The summed E-state index contributed by atoms with van der Waals surface area (Å²) in [6, 6.07) is 4.61. The summed E-state index contributed by atoms with van der Waals surface area (Å²) in [6.45, 7) is 1.22. The number of nitrogens with zero attached hydrogens (tertiary/aromatic N) is 2. The van der Waals surface area contributed by atoms with Crippen LogP contribution in [0.2, 0.25) is 0 Å². The molecular weight excluding hydrogens is 425 g/mol. The van der Waals surface area contributed by atoms with Gasteiger partial charge >= 0.3 is 6.18 Å². The summed E-state index contributed by atoms with van der Waals surface area (Å²) in [5, 5.41) is 5.24. The van der Waals surface area contributed by atoms with Gasteiger partial charge in [0.05, 0.1) is 24.3 Å². The number of hydrogen-bond acceptors (Lipinski definition) is 5. The van der Waals surface area contributed by atoms with Gasteiger partial charge in [0.25, 0.3) is 5.91 Å². The van der Waals surface area contributed by atoms with Crippen molar-refractivity contribution in [2.24, 2.45) is 0 Å². The van der Waals surface area contributed by atoms with E-state index in [1.807, 2.05) is 0 Å². The standard InChI is InChI=1S/C22H25F3N4O3/c23-22(24,25)16-3-1-2-15(10-16)20(31)27-11-19(30)28-17-12-29(13-17)18-6-4-14(5-7-18)21-26-8-9-32-21/h1-3,8-10,14,17-18H,4-7,11-13H2,(H,27,31)(H,28,30). The zero-order chi connectivity index (χ0) is 22.7. The molecule has 0 bridgehead atoms. The zero-order valence-electron chi connectivity index (χ0n) is 17.4. The molecule has 1 aromatic heterocycles. The van der Waals surface area contributed by atoms with Crippen LogP contribution in [-0.4, -0.2) is 53.4 Å². The predicted molar refractivity (Wildman–Crippen MR) is 109 cm³/mol. The minimum absolute atomic E-state index is 0.0115. The van der Waals surface area contributed by atoms with Gasteiger partial charge in [-0.1, -0.05) is 6.07 Å². The number of halogens is 3. The Morgan fingerprint density at radius 1 is 1.16 bits per heavy atom. The van der Waals surface area contributed by atoms with Gasteiger partial charge in [-0.15, -0.1) is 0 Å². The smallest absolute Gasteiger partial charge is 0.416 e. The van der Waals surface area contributed by atoms with Crippen molar-refractivity contribution in [2.75, 3.05) is 19.6 Å². The fraction of sp³-hybridized carbons (Fsp3) is 0.500. The molecule has 172 valence electrons. The van der Waals surface area contributed by atoms with E-state index >= 15 is 0 Å². The molecule has 32 heavy (non-hydrogen) atoms. The largest absolute Gasteiger partial charge is 0.449 e. The molecule has 2 amide bonds. The number of likely N-dealkylation sites (tertiary alicyclic amines) is 1. The van der Waals surface area contributed by atoms with Gasteiger partial charge < -0.3 is 15.1 Å². The van der Waals surface area contributed by atoms with Crippen molar-refractivity contribution >= 4 is 11.8 Å². The van der Waals surface area contributed by atoms with Crippen LogP contribution in [0.15, 0.2) is 41.1 Å². The molecule has 10 heteroatoms. The van der Waals surface area contributed by atoms with Crippen LogP contribution in [0.25, 0.3) is 0 Å². The molecule has 2 N–H and O–H groups in total. The SMILES string of the molecule is O=C(CNC(=O)c1cccc(C(F)(F)F)c1)NC1CN(C2CCC(c3ncco3)CC2)C1. The maximum absolute atomic E-state index is 12.8. The topological polar surface area (TPSA) is 87.5 Å². The molecule has 2 aliphatic rings. The highest BCUT2D eigenvalue weighted by Gasteiger charge is 2.36. The molecule has 0 spiro atoms. The Hall–Kier alpha value is -2.88.